The van der Waals surface area contributed by atoms with Gasteiger partial charge in [-0.05, 0) is 44.2 Å². The number of carbonyl (C=O) groups excluding carboxylic acids is 3. The molecule has 160 valence electrons. The second kappa shape index (κ2) is 12.9. The molecule has 1 aliphatic rings. The van der Waals surface area contributed by atoms with Gasteiger partial charge in [0.05, 0.1) is 6.04 Å². The predicted octanol–water partition coefficient (Wildman–Crippen LogP) is 2.14. The van der Waals surface area contributed by atoms with Crippen LogP contribution in [-0.2, 0) is 25.7 Å². The van der Waals surface area contributed by atoms with Crippen LogP contribution in [-0.4, -0.2) is 48.4 Å². The number of benzene rings is 1. The van der Waals surface area contributed by atoms with E-state index in [1.807, 2.05) is 35.2 Å². The van der Waals surface area contributed by atoms with E-state index in [2.05, 4.69) is 5.32 Å². The smallest absolute Gasteiger partial charge is 0.306 e. The highest BCUT2D eigenvalue weighted by Crippen LogP contribution is 2.12. The van der Waals surface area contributed by atoms with E-state index in [1.54, 1.807) is 0 Å². The molecule has 2 amide bonds. The van der Waals surface area contributed by atoms with Crippen LogP contribution >= 0.6 is 0 Å². The Morgan fingerprint density at radius 2 is 1.76 bits per heavy atom. The number of ether oxygens (including phenoxy) is 1. The minimum atomic E-state index is -0.389. The lowest BCUT2D eigenvalue weighted by Crippen LogP contribution is -2.46. The van der Waals surface area contributed by atoms with Crippen LogP contribution in [0.15, 0.2) is 30.3 Å². The van der Waals surface area contributed by atoms with Crippen LogP contribution in [0.1, 0.15) is 56.9 Å². The van der Waals surface area contributed by atoms with E-state index >= 15 is 0 Å². The molecule has 0 radical (unpaired) electrons. The standard InChI is InChI=1S/C22H33N3O4/c23-20(26)13-12-19(22(28)25-15-7-8-16-25)24-14-6-2-5-11-21(27)29-17-18-9-3-1-4-10-18/h1,3-4,9-10,19,24H,2,5-8,11-17H2,(H2,23,26). The second-order valence-electron chi connectivity index (χ2n) is 7.50. The van der Waals surface area contributed by atoms with Crippen molar-refractivity contribution in [3.05, 3.63) is 35.9 Å². The number of unbranched alkanes of at least 4 members (excludes halogenated alkanes) is 2. The van der Waals surface area contributed by atoms with E-state index in [0.29, 0.717) is 26.0 Å². The first-order valence-corrected chi connectivity index (χ1v) is 10.6. The monoisotopic (exact) mass is 403 g/mol. The topological polar surface area (TPSA) is 102 Å². The Morgan fingerprint density at radius 3 is 2.45 bits per heavy atom. The maximum absolute atomic E-state index is 12.6. The van der Waals surface area contributed by atoms with E-state index in [4.69, 9.17) is 10.5 Å². The first-order chi connectivity index (χ1) is 14.1. The van der Waals surface area contributed by atoms with E-state index in [0.717, 1.165) is 50.8 Å². The molecule has 7 nitrogen and oxygen atoms in total. The largest absolute Gasteiger partial charge is 0.461 e. The number of nitrogens with two attached hydrogens (primary N) is 1. The normalized spacial score (nSPS) is 14.6. The van der Waals surface area contributed by atoms with Crippen molar-refractivity contribution in [2.75, 3.05) is 19.6 Å². The number of hydrogen-bond donors (Lipinski definition) is 2. The molecule has 0 saturated carbocycles. The van der Waals surface area contributed by atoms with Crippen LogP contribution in [0.3, 0.4) is 0 Å². The Kier molecular flexibility index (Phi) is 10.2. The van der Waals surface area contributed by atoms with Gasteiger partial charge in [0.1, 0.15) is 6.61 Å². The highest BCUT2D eigenvalue weighted by Gasteiger charge is 2.26. The summed E-state index contributed by atoms with van der Waals surface area (Å²) >= 11 is 0. The lowest BCUT2D eigenvalue weighted by atomic mass is 10.1. The van der Waals surface area contributed by atoms with Crippen LogP contribution in [0.4, 0.5) is 0 Å². The molecule has 1 aromatic carbocycles. The van der Waals surface area contributed by atoms with E-state index in [1.165, 1.54) is 0 Å². The third kappa shape index (κ3) is 9.09. The van der Waals surface area contributed by atoms with Gasteiger partial charge in [0.2, 0.25) is 11.8 Å². The Balaban J connectivity index is 1.59. The van der Waals surface area contributed by atoms with Crippen molar-refractivity contribution in [3.63, 3.8) is 0 Å². The molecule has 1 heterocycles. The van der Waals surface area contributed by atoms with Crippen LogP contribution in [0, 0.1) is 0 Å². The minimum absolute atomic E-state index is 0.0632. The minimum Gasteiger partial charge on any atom is -0.461 e. The maximum atomic E-state index is 12.6. The third-order valence-corrected chi connectivity index (χ3v) is 5.09. The van der Waals surface area contributed by atoms with Crippen molar-refractivity contribution in [1.82, 2.24) is 10.2 Å². The van der Waals surface area contributed by atoms with Crippen LogP contribution in [0.2, 0.25) is 0 Å². The molecule has 2 rings (SSSR count). The summed E-state index contributed by atoms with van der Waals surface area (Å²) in [7, 11) is 0. The van der Waals surface area contributed by atoms with Gasteiger partial charge in [-0.15, -0.1) is 0 Å². The van der Waals surface area contributed by atoms with Gasteiger partial charge in [0.15, 0.2) is 0 Å². The molecule has 7 heteroatoms. The number of primary amides is 1. The summed E-state index contributed by atoms with van der Waals surface area (Å²) in [6.07, 6.45) is 5.57. The number of nitrogens with zero attached hydrogens (tertiary/aromatic N) is 1. The average Bonchev–Trinajstić information content (AvgIpc) is 3.26. The molecular formula is C22H33N3O4. The molecule has 0 spiro atoms. The fourth-order valence-electron chi connectivity index (χ4n) is 3.41. The highest BCUT2D eigenvalue weighted by atomic mass is 16.5. The van der Waals surface area contributed by atoms with E-state index in [9.17, 15) is 14.4 Å². The van der Waals surface area contributed by atoms with Crippen LogP contribution < -0.4 is 11.1 Å². The fraction of sp³-hybridized carbons (Fsp3) is 0.591. The predicted molar refractivity (Wildman–Crippen MR) is 111 cm³/mol. The average molecular weight is 404 g/mol. The van der Waals surface area contributed by atoms with Gasteiger partial charge in [-0.2, -0.15) is 0 Å². The van der Waals surface area contributed by atoms with Crippen LogP contribution in [0.5, 0.6) is 0 Å². The number of nitrogens with one attached hydrogen (secondary N) is 1. The zero-order valence-electron chi connectivity index (χ0n) is 17.1. The van der Waals surface area contributed by atoms with Crippen molar-refractivity contribution in [1.29, 1.82) is 0 Å². The maximum Gasteiger partial charge on any atom is 0.306 e. The molecule has 0 aromatic heterocycles. The molecule has 1 fully saturated rings. The van der Waals surface area contributed by atoms with Crippen molar-refractivity contribution < 1.29 is 19.1 Å². The first kappa shape index (κ1) is 22.9. The van der Waals surface area contributed by atoms with E-state index in [-0.39, 0.29) is 30.2 Å². The molecule has 29 heavy (non-hydrogen) atoms. The van der Waals surface area contributed by atoms with Gasteiger partial charge >= 0.3 is 5.97 Å². The number of rotatable bonds is 13. The Morgan fingerprint density at radius 1 is 1.03 bits per heavy atom. The number of likely N-dealkylation sites (tertiary alicyclic amines) is 1. The lowest BCUT2D eigenvalue weighted by Gasteiger charge is -2.24. The molecule has 3 N–H and O–H groups in total. The summed E-state index contributed by atoms with van der Waals surface area (Å²) in [4.78, 5) is 37.4. The molecule has 0 aliphatic carbocycles. The van der Waals surface area contributed by atoms with Crippen LogP contribution in [0.25, 0.3) is 0 Å². The molecule has 1 aliphatic heterocycles. The molecule has 0 bridgehead atoms. The summed E-state index contributed by atoms with van der Waals surface area (Å²) in [6, 6.07) is 9.25. The number of esters is 1. The van der Waals surface area contributed by atoms with Gasteiger partial charge in [-0.1, -0.05) is 36.8 Å². The molecule has 1 atom stereocenters. The van der Waals surface area contributed by atoms with Gasteiger partial charge in [-0.25, -0.2) is 0 Å². The Bertz CT molecular complexity index is 645. The molecular weight excluding hydrogens is 370 g/mol. The first-order valence-electron chi connectivity index (χ1n) is 10.6. The summed E-state index contributed by atoms with van der Waals surface area (Å²) in [5.41, 5.74) is 6.22. The number of hydrogen-bond acceptors (Lipinski definition) is 5. The van der Waals surface area contributed by atoms with Crippen molar-refractivity contribution >= 4 is 17.8 Å². The summed E-state index contributed by atoms with van der Waals surface area (Å²) in [6.45, 7) is 2.56. The van der Waals surface area contributed by atoms with Gasteiger partial charge in [0.25, 0.3) is 0 Å². The van der Waals surface area contributed by atoms with E-state index < -0.39 is 0 Å². The highest BCUT2D eigenvalue weighted by molar-refractivity contribution is 5.83. The summed E-state index contributed by atoms with van der Waals surface area (Å²) in [5.74, 6) is -0.515. The molecule has 1 unspecified atom stereocenters. The number of amides is 2. The Labute approximate surface area is 173 Å². The van der Waals surface area contributed by atoms with Crippen molar-refractivity contribution in [3.8, 4) is 0 Å². The van der Waals surface area contributed by atoms with Gasteiger partial charge in [-0.3, -0.25) is 14.4 Å². The lowest BCUT2D eigenvalue weighted by molar-refractivity contribution is -0.145. The third-order valence-electron chi connectivity index (χ3n) is 5.09. The summed E-state index contributed by atoms with van der Waals surface area (Å²) in [5, 5.41) is 3.27. The molecule has 1 saturated heterocycles. The number of carbonyl (C=O) groups is 3. The quantitative estimate of drug-likeness (QED) is 0.388. The zero-order valence-corrected chi connectivity index (χ0v) is 17.1. The Hall–Kier alpha value is -2.41. The van der Waals surface area contributed by atoms with Gasteiger partial charge < -0.3 is 20.7 Å². The zero-order chi connectivity index (χ0) is 20.9. The van der Waals surface area contributed by atoms with Crippen molar-refractivity contribution in [2.45, 2.75) is 64.0 Å². The fourth-order valence-corrected chi connectivity index (χ4v) is 3.41. The van der Waals surface area contributed by atoms with Gasteiger partial charge in [0, 0.05) is 25.9 Å². The SMILES string of the molecule is NC(=O)CCC(NCCCCCC(=O)OCc1ccccc1)C(=O)N1CCCC1. The molecule has 1 aromatic rings. The second-order valence-corrected chi connectivity index (χ2v) is 7.50. The summed E-state index contributed by atoms with van der Waals surface area (Å²) < 4.78 is 5.27. The van der Waals surface area contributed by atoms with Crippen molar-refractivity contribution in [2.24, 2.45) is 5.73 Å².